The molecule has 0 bridgehead atoms. The number of aromatic nitrogens is 3. The van der Waals surface area contributed by atoms with Gasteiger partial charge >= 0.3 is 0 Å². The van der Waals surface area contributed by atoms with Crippen molar-refractivity contribution in [1.29, 1.82) is 0 Å². The van der Waals surface area contributed by atoms with E-state index in [-0.39, 0.29) is 40.2 Å². The zero-order valence-corrected chi connectivity index (χ0v) is 31.7. The first-order valence-electron chi connectivity index (χ1n) is 14.5. The van der Waals surface area contributed by atoms with Crippen molar-refractivity contribution in [3.05, 3.63) is 161 Å². The van der Waals surface area contributed by atoms with Gasteiger partial charge in [-0.3, -0.25) is 4.98 Å². The Balaban J connectivity index is 0.000000230. The fraction of sp³-hybridized carbons (Fsp3) is 0.175. The van der Waals surface area contributed by atoms with Gasteiger partial charge in [-0.2, -0.15) is 0 Å². The van der Waals surface area contributed by atoms with Crippen molar-refractivity contribution in [3.63, 3.8) is 0 Å². The van der Waals surface area contributed by atoms with E-state index in [2.05, 4.69) is 109 Å². The van der Waals surface area contributed by atoms with E-state index in [0.717, 1.165) is 45.3 Å². The van der Waals surface area contributed by atoms with E-state index in [1.165, 1.54) is 27.8 Å². The summed E-state index contributed by atoms with van der Waals surface area (Å²) in [5, 5.41) is 0. The molecule has 6 aromatic rings. The smallest absolute Gasteiger partial charge is 0.0707 e. The van der Waals surface area contributed by atoms with Gasteiger partial charge in [0.2, 0.25) is 0 Å². The molecule has 0 aliphatic heterocycles. The summed E-state index contributed by atoms with van der Waals surface area (Å²) in [6, 6.07) is 43.2. The van der Waals surface area contributed by atoms with Gasteiger partial charge in [0.25, 0.3) is 0 Å². The number of nitrogens with zero attached hydrogens (tertiary/aromatic N) is 3. The van der Waals surface area contributed by atoms with Crippen molar-refractivity contribution in [2.24, 2.45) is 0 Å². The Labute approximate surface area is 296 Å². The van der Waals surface area contributed by atoms with Crippen LogP contribution in [0, 0.1) is 60.6 Å². The molecule has 0 fully saturated rings. The van der Waals surface area contributed by atoms with Crippen molar-refractivity contribution in [3.8, 4) is 33.8 Å². The predicted molar refractivity (Wildman–Crippen MR) is 180 cm³/mol. The zero-order chi connectivity index (χ0) is 30.8. The second kappa shape index (κ2) is 18.4. The fourth-order valence-corrected chi connectivity index (χ4v) is 4.84. The minimum atomic E-state index is 0. The average Bonchev–Trinajstić information content (AvgIpc) is 2.97. The molecule has 45 heavy (non-hydrogen) atoms. The Morgan fingerprint density at radius 3 is 1.36 bits per heavy atom. The van der Waals surface area contributed by atoms with Crippen molar-refractivity contribution in [1.82, 2.24) is 15.0 Å². The average molecular weight is 946 g/mol. The van der Waals surface area contributed by atoms with Gasteiger partial charge in [0.05, 0.1) is 5.69 Å². The Morgan fingerprint density at radius 1 is 0.400 bits per heavy atom. The van der Waals surface area contributed by atoms with Crippen LogP contribution < -0.4 is 0 Å². The molecule has 0 N–H and O–H groups in total. The van der Waals surface area contributed by atoms with Crippen LogP contribution in [0.25, 0.3) is 33.8 Å². The van der Waals surface area contributed by atoms with Crippen LogP contribution in [0.4, 0.5) is 0 Å². The van der Waals surface area contributed by atoms with Crippen molar-refractivity contribution in [2.45, 2.75) is 48.5 Å². The van der Waals surface area contributed by atoms with E-state index in [4.69, 9.17) is 0 Å². The standard InChI is InChI=1S/C14H14N.C13H13N.C13H12N.2Ir/c1-10-5-4-6-13(8-10)14-9-11(2)7-12(3)15-14;2*1-10-8-11(2)14-13(9-10)12-6-4-3-5-7-12;;/h4-5,7-9H,1-3H3;3-9H,1-2H3;3-6,8-9H,1-2H3;;/q-1;;-1;;. The maximum Gasteiger partial charge on any atom is 0.0707 e. The molecule has 3 aromatic heterocycles. The van der Waals surface area contributed by atoms with E-state index >= 15 is 0 Å². The van der Waals surface area contributed by atoms with E-state index in [9.17, 15) is 0 Å². The van der Waals surface area contributed by atoms with E-state index in [1.807, 2.05) is 75.4 Å². The molecule has 2 radical (unpaired) electrons. The molecular formula is C40H39Ir2N3-2. The molecule has 3 aromatic carbocycles. The maximum atomic E-state index is 4.51. The van der Waals surface area contributed by atoms with E-state index < -0.39 is 0 Å². The molecule has 0 atom stereocenters. The number of pyridine rings is 3. The van der Waals surface area contributed by atoms with Crippen LogP contribution in [-0.2, 0) is 40.2 Å². The Kier molecular flexibility index (Phi) is 15.4. The van der Waals surface area contributed by atoms with Crippen LogP contribution in [0.2, 0.25) is 0 Å². The molecule has 0 aliphatic carbocycles. The van der Waals surface area contributed by atoms with Gasteiger partial charge in [-0.25, -0.2) is 0 Å². The molecule has 0 saturated carbocycles. The van der Waals surface area contributed by atoms with Gasteiger partial charge in [0.1, 0.15) is 0 Å². The predicted octanol–water partition coefficient (Wildman–Crippen LogP) is 10.0. The van der Waals surface area contributed by atoms with Crippen LogP contribution in [0.1, 0.15) is 39.3 Å². The third-order valence-electron chi connectivity index (χ3n) is 6.58. The first kappa shape index (κ1) is 37.6. The number of hydrogen-bond acceptors (Lipinski definition) is 3. The topological polar surface area (TPSA) is 38.7 Å². The largest absolute Gasteiger partial charge is 0.302 e. The first-order chi connectivity index (χ1) is 20.7. The van der Waals surface area contributed by atoms with Gasteiger partial charge in [0.15, 0.2) is 0 Å². The van der Waals surface area contributed by atoms with E-state index in [1.54, 1.807) is 0 Å². The molecule has 0 saturated heterocycles. The van der Waals surface area contributed by atoms with Gasteiger partial charge < -0.3 is 9.97 Å². The summed E-state index contributed by atoms with van der Waals surface area (Å²) in [5.74, 6) is 0. The van der Waals surface area contributed by atoms with E-state index in [0.29, 0.717) is 0 Å². The number of rotatable bonds is 3. The summed E-state index contributed by atoms with van der Waals surface area (Å²) in [7, 11) is 0. The Morgan fingerprint density at radius 2 is 0.867 bits per heavy atom. The van der Waals surface area contributed by atoms with Crippen LogP contribution in [0.3, 0.4) is 0 Å². The summed E-state index contributed by atoms with van der Waals surface area (Å²) in [6.07, 6.45) is 0. The summed E-state index contributed by atoms with van der Waals surface area (Å²) in [4.78, 5) is 13.5. The van der Waals surface area contributed by atoms with Gasteiger partial charge in [-0.15, -0.1) is 71.3 Å². The van der Waals surface area contributed by atoms with Crippen molar-refractivity contribution in [2.75, 3.05) is 0 Å². The molecule has 3 nitrogen and oxygen atoms in total. The molecule has 0 amide bonds. The van der Waals surface area contributed by atoms with Crippen molar-refractivity contribution < 1.29 is 40.2 Å². The third-order valence-corrected chi connectivity index (χ3v) is 6.58. The summed E-state index contributed by atoms with van der Waals surface area (Å²) in [5.41, 5.74) is 14.5. The van der Waals surface area contributed by atoms with Crippen molar-refractivity contribution >= 4 is 0 Å². The Bertz CT molecular complexity index is 1640. The third kappa shape index (κ3) is 12.0. The summed E-state index contributed by atoms with van der Waals surface area (Å²) < 4.78 is 0. The molecule has 0 aliphatic rings. The minimum Gasteiger partial charge on any atom is -0.302 e. The SMILES string of the molecule is Cc1cc(C)nc(-c2[c-]cccc2)c1.Cc1cc(C)nc(-c2ccccc2)c1.Cc1cc[c-]c(-c2cc(C)cc(C)n2)c1.[Ir].[Ir]. The minimum absolute atomic E-state index is 0. The van der Waals surface area contributed by atoms with Gasteiger partial charge in [-0.05, 0) is 82.8 Å². The quantitative estimate of drug-likeness (QED) is 0.166. The number of hydrogen-bond donors (Lipinski definition) is 0. The van der Waals surface area contributed by atoms with Crippen LogP contribution in [0.5, 0.6) is 0 Å². The monoisotopic (exact) mass is 947 g/mol. The van der Waals surface area contributed by atoms with Crippen LogP contribution in [-0.4, -0.2) is 15.0 Å². The summed E-state index contributed by atoms with van der Waals surface area (Å²) in [6.45, 7) is 14.4. The molecular weight excluding hydrogens is 907 g/mol. The van der Waals surface area contributed by atoms with Crippen LogP contribution >= 0.6 is 0 Å². The normalized spacial score (nSPS) is 9.76. The molecule has 0 spiro atoms. The number of aryl methyl sites for hydroxylation is 7. The second-order valence-electron chi connectivity index (χ2n) is 10.9. The Hall–Kier alpha value is -3.59. The summed E-state index contributed by atoms with van der Waals surface area (Å²) >= 11 is 0. The molecule has 3 heterocycles. The number of benzene rings is 3. The van der Waals surface area contributed by atoms with Crippen LogP contribution in [0.15, 0.2) is 109 Å². The first-order valence-corrected chi connectivity index (χ1v) is 14.5. The molecule has 234 valence electrons. The molecule has 6 rings (SSSR count). The molecule has 0 unspecified atom stereocenters. The maximum absolute atomic E-state index is 4.51. The van der Waals surface area contributed by atoms with Gasteiger partial charge in [0, 0.05) is 62.9 Å². The molecule has 5 heteroatoms. The zero-order valence-electron chi connectivity index (χ0n) is 26.9. The second-order valence-corrected chi connectivity index (χ2v) is 10.9. The fourth-order valence-electron chi connectivity index (χ4n) is 4.84. The van der Waals surface area contributed by atoms with Gasteiger partial charge in [-0.1, -0.05) is 60.5 Å².